The van der Waals surface area contributed by atoms with Gasteiger partial charge in [0.2, 0.25) is 0 Å². The third-order valence-corrected chi connectivity index (χ3v) is 7.98. The van der Waals surface area contributed by atoms with Gasteiger partial charge in [0.05, 0.1) is 49.7 Å². The maximum atomic E-state index is 15.3. The number of likely N-dealkylation sites (N-methyl/N-ethyl adjacent to an activating group) is 1. The quantitative estimate of drug-likeness (QED) is 0.203. The number of aliphatic hydroxyl groups is 1. The van der Waals surface area contributed by atoms with Gasteiger partial charge in [-0.05, 0) is 36.1 Å². The molecule has 1 aliphatic rings. The number of halogens is 1. The molecule has 4 aromatic heterocycles. The lowest BCUT2D eigenvalue weighted by Crippen LogP contribution is -2.44. The van der Waals surface area contributed by atoms with Gasteiger partial charge in [-0.25, -0.2) is 14.5 Å². The van der Waals surface area contributed by atoms with Gasteiger partial charge in [-0.3, -0.25) is 14.3 Å². The molecule has 13 nitrogen and oxygen atoms in total. The van der Waals surface area contributed by atoms with Crippen molar-refractivity contribution in [3.8, 4) is 17.1 Å². The third kappa shape index (κ3) is 5.06. The summed E-state index contributed by atoms with van der Waals surface area (Å²) < 4.78 is 17.6. The summed E-state index contributed by atoms with van der Waals surface area (Å²) in [4.78, 5) is 30.7. The normalized spacial score (nSPS) is 16.7. The number of hydroxylamine groups is 3. The van der Waals surface area contributed by atoms with E-state index >= 15 is 4.39 Å². The molecule has 0 saturated heterocycles. The molecule has 3 N–H and O–H groups in total. The van der Waals surface area contributed by atoms with E-state index in [-0.39, 0.29) is 34.4 Å². The number of hydrogen-bond acceptors (Lipinski definition) is 9. The van der Waals surface area contributed by atoms with Crippen LogP contribution in [0.1, 0.15) is 43.2 Å². The second kappa shape index (κ2) is 10.4. The smallest absolute Gasteiger partial charge is 0.288 e. The Bertz CT molecular complexity index is 2060. The number of rotatable bonds is 5. The number of aromatic nitrogens is 7. The molecular formula is C30H32FN9O4. The first-order valence-corrected chi connectivity index (χ1v) is 14.1. The molecule has 5 aromatic rings. The zero-order valence-electron chi connectivity index (χ0n) is 25.0. The molecule has 0 aliphatic carbocycles. The van der Waals surface area contributed by atoms with Crippen molar-refractivity contribution in [1.29, 1.82) is 0 Å². The molecule has 1 unspecified atom stereocenters. The van der Waals surface area contributed by atoms with Crippen LogP contribution in [0.4, 0.5) is 15.9 Å². The van der Waals surface area contributed by atoms with Crippen molar-refractivity contribution < 1.29 is 14.1 Å². The predicted octanol–water partition coefficient (Wildman–Crippen LogP) is 3.17. The predicted molar refractivity (Wildman–Crippen MR) is 162 cm³/mol. The fourth-order valence-electron chi connectivity index (χ4n) is 5.50. The van der Waals surface area contributed by atoms with Gasteiger partial charge in [0.15, 0.2) is 11.6 Å². The first kappa shape index (κ1) is 29.3. The molecule has 6 rings (SSSR count). The van der Waals surface area contributed by atoms with Gasteiger partial charge < -0.3 is 20.3 Å². The van der Waals surface area contributed by atoms with Crippen LogP contribution in [0.15, 0.2) is 46.2 Å². The maximum Gasteiger partial charge on any atom is 0.288 e. The number of H-pyrrole nitrogens is 1. The van der Waals surface area contributed by atoms with Gasteiger partial charge in [-0.15, -0.1) is 0 Å². The average molecular weight is 602 g/mol. The zero-order chi connectivity index (χ0) is 31.6. The molecule has 1 aromatic carbocycles. The maximum absolute atomic E-state index is 15.3. The summed E-state index contributed by atoms with van der Waals surface area (Å²) in [5, 5.41) is 41.7. The van der Waals surface area contributed by atoms with Crippen LogP contribution >= 0.6 is 0 Å². The molecule has 5 heterocycles. The van der Waals surface area contributed by atoms with Crippen molar-refractivity contribution in [2.45, 2.75) is 52.8 Å². The van der Waals surface area contributed by atoms with Crippen LogP contribution in [-0.4, -0.2) is 58.1 Å². The second-order valence-corrected chi connectivity index (χ2v) is 12.3. The molecule has 0 amide bonds. The first-order chi connectivity index (χ1) is 20.8. The molecule has 0 saturated carbocycles. The minimum absolute atomic E-state index is 0.00123. The number of benzene rings is 1. The number of quaternary nitrogens is 1. The Hall–Kier alpha value is -4.79. The highest BCUT2D eigenvalue weighted by atomic mass is 19.1. The minimum Gasteiger partial charge on any atom is -0.633 e. The average Bonchev–Trinajstić information content (AvgIpc) is 3.35. The van der Waals surface area contributed by atoms with Gasteiger partial charge >= 0.3 is 0 Å². The van der Waals surface area contributed by atoms with E-state index in [4.69, 9.17) is 0 Å². The van der Waals surface area contributed by atoms with E-state index in [1.165, 1.54) is 18.5 Å². The summed E-state index contributed by atoms with van der Waals surface area (Å²) in [6, 6.07) is 6.42. The van der Waals surface area contributed by atoms with E-state index < -0.39 is 28.2 Å². The largest absolute Gasteiger partial charge is 0.633 e. The summed E-state index contributed by atoms with van der Waals surface area (Å²) in [6.45, 7) is 8.08. The topological polar surface area (TPSA) is 167 Å². The van der Waals surface area contributed by atoms with Crippen molar-refractivity contribution >= 4 is 22.3 Å². The van der Waals surface area contributed by atoms with E-state index in [2.05, 4.69) is 30.7 Å². The molecule has 0 spiro atoms. The molecule has 0 bridgehead atoms. The van der Waals surface area contributed by atoms with Crippen LogP contribution in [-0.2, 0) is 25.1 Å². The Morgan fingerprint density at radius 1 is 1.23 bits per heavy atom. The third-order valence-electron chi connectivity index (χ3n) is 7.98. The molecule has 1 aliphatic heterocycles. The lowest BCUT2D eigenvalue weighted by atomic mass is 9.86. The van der Waals surface area contributed by atoms with Gasteiger partial charge in [0.1, 0.15) is 18.0 Å². The lowest BCUT2D eigenvalue weighted by molar-refractivity contribution is -0.878. The Morgan fingerprint density at radius 3 is 2.73 bits per heavy atom. The van der Waals surface area contributed by atoms with Crippen LogP contribution in [0.5, 0.6) is 0 Å². The van der Waals surface area contributed by atoms with E-state index in [0.29, 0.717) is 41.1 Å². The van der Waals surface area contributed by atoms with Crippen molar-refractivity contribution in [3.63, 3.8) is 0 Å². The Morgan fingerprint density at radius 2 is 2.00 bits per heavy atom. The molecule has 44 heavy (non-hydrogen) atoms. The highest BCUT2D eigenvalue weighted by molar-refractivity contribution is 5.83. The molecule has 0 fully saturated rings. The van der Waals surface area contributed by atoms with Crippen molar-refractivity contribution in [2.75, 3.05) is 18.9 Å². The van der Waals surface area contributed by atoms with E-state index in [1.807, 2.05) is 20.8 Å². The van der Waals surface area contributed by atoms with Crippen molar-refractivity contribution in [2.24, 2.45) is 0 Å². The summed E-state index contributed by atoms with van der Waals surface area (Å²) >= 11 is 0. The fourth-order valence-corrected chi connectivity index (χ4v) is 5.50. The van der Waals surface area contributed by atoms with E-state index in [1.54, 1.807) is 36.9 Å². The molecular weight excluding hydrogens is 569 g/mol. The summed E-state index contributed by atoms with van der Waals surface area (Å²) in [5.41, 5.74) is 1.41. The number of aromatic amines is 1. The number of hydrogen-bond donors (Lipinski definition) is 3. The van der Waals surface area contributed by atoms with E-state index in [0.717, 1.165) is 15.9 Å². The summed E-state index contributed by atoms with van der Waals surface area (Å²) in [5.74, 6) is -0.281. The number of nitrogens with zero attached hydrogens (tertiary/aromatic N) is 7. The number of pyridine rings is 1. The van der Waals surface area contributed by atoms with Gasteiger partial charge in [0, 0.05) is 34.3 Å². The zero-order valence-corrected chi connectivity index (χ0v) is 25.0. The highest BCUT2D eigenvalue weighted by Crippen LogP contribution is 2.31. The second-order valence-electron chi connectivity index (χ2n) is 12.3. The Labute approximate surface area is 250 Å². The van der Waals surface area contributed by atoms with Crippen LogP contribution in [0, 0.1) is 17.9 Å². The number of nitrogens with one attached hydrogen (secondary N) is 2. The van der Waals surface area contributed by atoms with Gasteiger partial charge in [-0.1, -0.05) is 20.8 Å². The number of anilines is 2. The highest BCUT2D eigenvalue weighted by Gasteiger charge is 2.25. The minimum atomic E-state index is -0.732. The van der Waals surface area contributed by atoms with Crippen molar-refractivity contribution in [3.05, 3.63) is 90.8 Å². The molecule has 1 atom stereocenters. The first-order valence-electron chi connectivity index (χ1n) is 14.1. The number of fused-ring (bicyclic) bond motifs is 2. The van der Waals surface area contributed by atoms with Crippen molar-refractivity contribution in [1.82, 2.24) is 34.7 Å². The van der Waals surface area contributed by atoms with Gasteiger partial charge in [-0.2, -0.15) is 20.0 Å². The van der Waals surface area contributed by atoms with Crippen LogP contribution in [0.3, 0.4) is 0 Å². The lowest BCUT2D eigenvalue weighted by Gasteiger charge is -2.41. The SMILES string of the molecule is Cc1c(-c2ccnc(-n3ncc4cc(C(C)(C)C)cc(F)c4c3=O)c2CO)n[nH]c(=O)c1Nc1cc2n(n1)CC[N+](C)([O-])C2. The standard InChI is InChI=1S/C30H32FN9O4/c1-16-25(35-36-28(42)26(16)34-23-12-19-14-40(5,44)9-8-38(19)37-23)20-6-7-32-27(21(20)15-41)39-29(43)24-17(13-33-39)10-18(11-22(24)31)30(2,3)4/h6-7,10-13,41H,8-9,14-15H2,1-5H3,(H,36,42)(H,34,35,37). The molecule has 0 radical (unpaired) electrons. The summed E-state index contributed by atoms with van der Waals surface area (Å²) in [7, 11) is 1.61. The van der Waals surface area contributed by atoms with Crippen LogP contribution in [0.25, 0.3) is 27.8 Å². The Kier molecular flexibility index (Phi) is 6.94. The molecule has 228 valence electrons. The number of aliphatic hydroxyl groups excluding tert-OH is 1. The Balaban J connectivity index is 1.43. The monoisotopic (exact) mass is 601 g/mol. The van der Waals surface area contributed by atoms with E-state index in [9.17, 15) is 19.9 Å². The molecule has 14 heteroatoms. The van der Waals surface area contributed by atoms with Crippen LogP contribution < -0.4 is 16.4 Å². The fraction of sp³-hybridized carbons (Fsp3) is 0.333. The van der Waals surface area contributed by atoms with Gasteiger partial charge in [0.25, 0.3) is 11.1 Å². The van der Waals surface area contributed by atoms with Crippen LogP contribution in [0.2, 0.25) is 0 Å². The summed E-state index contributed by atoms with van der Waals surface area (Å²) in [6.07, 6.45) is 2.82.